The average molecular weight is 723 g/mol. The molecule has 0 radical (unpaired) electrons. The van der Waals surface area contributed by atoms with E-state index in [1.807, 2.05) is 30.3 Å². The number of hydrogen-bond donors (Lipinski definition) is 8. The van der Waals surface area contributed by atoms with Crippen LogP contribution in [-0.4, -0.2) is 81.0 Å². The van der Waals surface area contributed by atoms with E-state index in [9.17, 15) is 29.4 Å². The number of amides is 3. The molecular weight excluding hydrogens is 672 g/mol. The van der Waals surface area contributed by atoms with E-state index in [0.717, 1.165) is 11.1 Å². The minimum atomic E-state index is -1.45. The molecule has 0 fully saturated rings. The number of aryl methyl sites for hydroxylation is 2. The van der Waals surface area contributed by atoms with Crippen molar-refractivity contribution in [3.63, 3.8) is 0 Å². The summed E-state index contributed by atoms with van der Waals surface area (Å²) in [6.07, 6.45) is -0.990. The van der Waals surface area contributed by atoms with E-state index in [-0.39, 0.29) is 55.7 Å². The minimum Gasteiger partial charge on any atom is -0.508 e. The van der Waals surface area contributed by atoms with Crippen LogP contribution in [0.25, 0.3) is 0 Å². The number of ether oxygens (including phenoxy) is 1. The van der Waals surface area contributed by atoms with Gasteiger partial charge in [-0.25, -0.2) is 9.59 Å². The van der Waals surface area contributed by atoms with E-state index >= 15 is 0 Å². The number of carbonyl (C=O) groups excluding carboxylic acids is 3. The maximum absolute atomic E-state index is 14.3. The van der Waals surface area contributed by atoms with E-state index in [4.69, 9.17) is 20.4 Å². The van der Waals surface area contributed by atoms with Crippen molar-refractivity contribution in [3.05, 3.63) is 76.4 Å². The zero-order chi connectivity index (χ0) is 38.4. The molecule has 3 rings (SSSR count). The monoisotopic (exact) mass is 722 g/mol. The van der Waals surface area contributed by atoms with Crippen LogP contribution in [0, 0.1) is 19.3 Å². The maximum atomic E-state index is 14.3. The largest absolute Gasteiger partial charge is 0.508 e. The molecule has 3 amide bonds. The molecule has 0 saturated heterocycles. The Balaban J connectivity index is 1.89. The van der Waals surface area contributed by atoms with E-state index in [1.54, 1.807) is 46.8 Å². The van der Waals surface area contributed by atoms with Gasteiger partial charge in [0.25, 0.3) is 0 Å². The van der Waals surface area contributed by atoms with Gasteiger partial charge in [0.2, 0.25) is 11.8 Å². The molecule has 0 bridgehead atoms. The predicted molar refractivity (Wildman–Crippen MR) is 192 cm³/mol. The number of aromatic nitrogens is 2. The van der Waals surface area contributed by atoms with Gasteiger partial charge in [-0.1, -0.05) is 35.5 Å². The second kappa shape index (κ2) is 19.1. The molecule has 0 spiro atoms. The number of Topliss-reactive ketones (excluding diaryl/α,β-unsaturated/α-hetero) is 1. The Morgan fingerprint density at radius 1 is 0.981 bits per heavy atom. The third kappa shape index (κ3) is 13.9. The van der Waals surface area contributed by atoms with Gasteiger partial charge >= 0.3 is 12.2 Å². The first-order valence-corrected chi connectivity index (χ1v) is 17.0. The summed E-state index contributed by atoms with van der Waals surface area (Å²) in [5, 5.41) is 41.2. The summed E-state index contributed by atoms with van der Waals surface area (Å²) < 4.78 is 11.0. The lowest BCUT2D eigenvalue weighted by Gasteiger charge is -2.25. The molecule has 0 aliphatic heterocycles. The smallest absolute Gasteiger partial charge is 0.407 e. The van der Waals surface area contributed by atoms with Crippen molar-refractivity contribution < 1.29 is 38.7 Å². The van der Waals surface area contributed by atoms with Crippen LogP contribution in [0.3, 0.4) is 0 Å². The van der Waals surface area contributed by atoms with Gasteiger partial charge in [0, 0.05) is 38.3 Å². The van der Waals surface area contributed by atoms with Gasteiger partial charge in [0.05, 0.1) is 6.04 Å². The molecule has 3 unspecified atom stereocenters. The summed E-state index contributed by atoms with van der Waals surface area (Å²) in [6.45, 7) is 9.10. The predicted octanol–water partition coefficient (Wildman–Crippen LogP) is 3.57. The number of carboxylic acid groups (broad SMARTS) is 1. The normalized spacial score (nSPS) is 12.9. The van der Waals surface area contributed by atoms with Crippen LogP contribution in [0.4, 0.5) is 9.59 Å². The quantitative estimate of drug-likeness (QED) is 0.0533. The van der Waals surface area contributed by atoms with Crippen molar-refractivity contribution in [1.29, 1.82) is 5.41 Å². The van der Waals surface area contributed by atoms with E-state index in [2.05, 4.69) is 31.4 Å². The Morgan fingerprint density at radius 2 is 1.65 bits per heavy atom. The maximum Gasteiger partial charge on any atom is 0.407 e. The number of nitrogens with one attached hydrogen (secondary N) is 5. The number of phenols is 1. The molecule has 1 aromatic heterocycles. The fourth-order valence-electron chi connectivity index (χ4n) is 5.62. The van der Waals surface area contributed by atoms with Gasteiger partial charge in [-0.2, -0.15) is 4.98 Å². The molecule has 0 aliphatic carbocycles. The summed E-state index contributed by atoms with van der Waals surface area (Å²) in [6, 6.07) is 10.3. The third-order valence-corrected chi connectivity index (χ3v) is 8.04. The Labute approximate surface area is 302 Å². The number of hydrogen-bond acceptors (Lipinski definition) is 10. The van der Waals surface area contributed by atoms with Crippen LogP contribution in [0.15, 0.2) is 47.0 Å². The van der Waals surface area contributed by atoms with Crippen LogP contribution < -0.4 is 27.0 Å². The van der Waals surface area contributed by atoms with Crippen LogP contribution in [0.5, 0.6) is 5.75 Å². The number of alkyl carbamates (subject to hydrolysis) is 1. The lowest BCUT2D eigenvalue weighted by molar-refractivity contribution is -0.129. The molecule has 52 heavy (non-hydrogen) atoms. The van der Waals surface area contributed by atoms with Crippen LogP contribution in [-0.2, 0) is 27.2 Å². The second-order valence-electron chi connectivity index (χ2n) is 13.6. The lowest BCUT2D eigenvalue weighted by atomic mass is 9.89. The lowest BCUT2D eigenvalue weighted by Crippen LogP contribution is -2.53. The molecule has 9 N–H and O–H groups in total. The minimum absolute atomic E-state index is 0.0182. The Bertz CT molecular complexity index is 1670. The van der Waals surface area contributed by atoms with Crippen molar-refractivity contribution in [2.75, 3.05) is 13.1 Å². The molecule has 282 valence electrons. The van der Waals surface area contributed by atoms with Crippen LogP contribution in [0.2, 0.25) is 0 Å². The van der Waals surface area contributed by atoms with E-state index < -0.39 is 41.7 Å². The topological polar surface area (TPSA) is 255 Å². The highest BCUT2D eigenvalue weighted by Crippen LogP contribution is 2.27. The highest BCUT2D eigenvalue weighted by atomic mass is 16.6. The first-order chi connectivity index (χ1) is 24.5. The van der Waals surface area contributed by atoms with Gasteiger partial charge in [-0.05, 0) is 88.3 Å². The average Bonchev–Trinajstić information content (AvgIpc) is 3.50. The second-order valence-corrected chi connectivity index (χ2v) is 13.6. The molecule has 16 nitrogen and oxygen atoms in total. The van der Waals surface area contributed by atoms with Gasteiger partial charge in [0.15, 0.2) is 17.6 Å². The van der Waals surface area contributed by atoms with Crippen molar-refractivity contribution in [2.45, 2.75) is 96.7 Å². The fraction of sp³-hybridized carbons (Fsp3) is 0.472. The number of nitrogens with zero attached hydrogens (tertiary/aromatic N) is 2. The molecule has 1 heterocycles. The van der Waals surface area contributed by atoms with Crippen LogP contribution >= 0.6 is 0 Å². The fourth-order valence-corrected chi connectivity index (χ4v) is 5.62. The molecule has 0 saturated carbocycles. The Kier molecular flexibility index (Phi) is 15.0. The number of phenolic OH excluding ortho intramolecular Hbond substituents is 1. The summed E-state index contributed by atoms with van der Waals surface area (Å²) in [7, 11) is 0. The number of rotatable bonds is 18. The highest BCUT2D eigenvalue weighted by Gasteiger charge is 2.31. The number of aromatic hydroxyl groups is 1. The summed E-state index contributed by atoms with van der Waals surface area (Å²) in [4.78, 5) is 56.2. The van der Waals surface area contributed by atoms with Crippen molar-refractivity contribution in [3.8, 4) is 5.75 Å². The molecular formula is C36H50N8O8. The molecule has 3 atom stereocenters. The Hall–Kier alpha value is -5.67. The first-order valence-electron chi connectivity index (χ1n) is 17.0. The standard InChI is InChI=1S/C36H50N8O8/c1-21-16-25(45)17-22(2)26(21)20-28(41-31(47)27(42-34(48)49)13-15-39-33(37)38)29(46)19-24(12-9-14-40-35(50)51-36(3,4)5)32-43-30(44-52-32)18-23-10-7-6-8-11-23/h6-8,10-11,16-17,24,27-28,42,45H,9,12-15,18-20H2,1-5H3,(H,40,50)(H,41,47)(H,48,49)(H4,37,38,39). The SMILES string of the molecule is Cc1cc(O)cc(C)c1CC(NC(=O)C(CCNC(=N)N)NC(=O)O)C(=O)CC(CCCNC(=O)OC(C)(C)C)c1nc(Cc2ccccc2)no1. The molecule has 3 aromatic rings. The molecule has 0 aliphatic rings. The van der Waals surface area contributed by atoms with Gasteiger partial charge in [-0.3, -0.25) is 15.0 Å². The molecule has 2 aromatic carbocycles. The number of benzene rings is 2. The summed E-state index contributed by atoms with van der Waals surface area (Å²) >= 11 is 0. The summed E-state index contributed by atoms with van der Waals surface area (Å²) in [5.74, 6) is -1.38. The third-order valence-electron chi connectivity index (χ3n) is 8.04. The van der Waals surface area contributed by atoms with E-state index in [0.29, 0.717) is 36.2 Å². The Morgan fingerprint density at radius 3 is 2.27 bits per heavy atom. The molecule has 16 heteroatoms. The summed E-state index contributed by atoms with van der Waals surface area (Å²) in [5.41, 5.74) is 7.76. The van der Waals surface area contributed by atoms with Crippen LogP contribution in [0.1, 0.15) is 86.3 Å². The highest BCUT2D eigenvalue weighted by molar-refractivity contribution is 5.92. The first kappa shape index (κ1) is 40.8. The van der Waals surface area contributed by atoms with Crippen molar-refractivity contribution in [1.82, 2.24) is 31.4 Å². The number of nitrogens with two attached hydrogens (primary N) is 1. The number of ketones is 1. The van der Waals surface area contributed by atoms with Gasteiger partial charge < -0.3 is 46.5 Å². The van der Waals surface area contributed by atoms with Gasteiger partial charge in [-0.15, -0.1) is 0 Å². The zero-order valence-corrected chi connectivity index (χ0v) is 30.2. The van der Waals surface area contributed by atoms with Crippen molar-refractivity contribution >= 4 is 29.8 Å². The number of guanidine groups is 1. The van der Waals surface area contributed by atoms with E-state index in [1.165, 1.54) is 0 Å². The van der Waals surface area contributed by atoms with Crippen molar-refractivity contribution in [2.24, 2.45) is 5.73 Å². The number of carbonyl (C=O) groups is 4. The zero-order valence-electron chi connectivity index (χ0n) is 30.2. The van der Waals surface area contributed by atoms with Gasteiger partial charge in [0.1, 0.15) is 17.4 Å².